The van der Waals surface area contributed by atoms with Gasteiger partial charge in [0.25, 0.3) is 0 Å². The first-order valence-corrected chi connectivity index (χ1v) is 14.4. The molecule has 4 aliphatic rings. The van der Waals surface area contributed by atoms with Crippen molar-refractivity contribution in [3.05, 3.63) is 46.1 Å². The fraction of sp³-hybridized carbons (Fsp3) is 0.500. The van der Waals surface area contributed by atoms with Gasteiger partial charge in [-0.15, -0.1) is 0 Å². The maximum Gasteiger partial charge on any atom is 2.00 e. The Balaban J connectivity index is 0.000000418. The van der Waals surface area contributed by atoms with Crippen LogP contribution in [-0.4, -0.2) is 199 Å². The van der Waals surface area contributed by atoms with E-state index in [0.717, 1.165) is 0 Å². The predicted molar refractivity (Wildman–Crippen MR) is 144 cm³/mol. The molecule has 0 aromatic rings. The molecule has 0 saturated carbocycles. The van der Waals surface area contributed by atoms with Crippen LogP contribution in [0.2, 0.25) is 0 Å². The molecule has 8 atom stereocenters. The van der Waals surface area contributed by atoms with E-state index in [1.807, 2.05) is 0 Å². The number of carbonyl (C=O) groups excluding carboxylic acids is 4. The molecule has 0 radical (unpaired) electrons. The van der Waals surface area contributed by atoms with Gasteiger partial charge in [-0.1, -0.05) is 0 Å². The third kappa shape index (κ3) is 10.1. The van der Waals surface area contributed by atoms with Crippen molar-refractivity contribution in [3.63, 3.8) is 0 Å². The third-order valence-electron chi connectivity index (χ3n) is 6.07. The number of cyclic esters (lactones) is 4. The van der Waals surface area contributed by atoms with E-state index in [-0.39, 0.29) is 23.1 Å². The predicted octanol–water partition coefficient (Wildman–Crippen LogP) is -8.94. The molecule has 4 rings (SSSR count). The average Bonchev–Trinajstić information content (AvgIpc) is 3.73. The van der Waals surface area contributed by atoms with Crippen LogP contribution in [0.4, 0.5) is 0 Å². The van der Waals surface area contributed by atoms with Crippen molar-refractivity contribution in [3.8, 4) is 0 Å². The normalized spacial score (nSPS) is 25.3. The molecule has 0 aromatic heterocycles. The fourth-order valence-electron chi connectivity index (χ4n) is 3.50. The average molecular weight is 804 g/mol. The van der Waals surface area contributed by atoms with Crippen LogP contribution in [0.5, 0.6) is 0 Å². The molecule has 0 saturated heterocycles. The molecule has 0 aromatic carbocycles. The number of esters is 4. The van der Waals surface area contributed by atoms with E-state index in [2.05, 4.69) is 18.9 Å². The summed E-state index contributed by atoms with van der Waals surface area (Å²) >= 11 is -1.42. The van der Waals surface area contributed by atoms with Crippen LogP contribution >= 0.6 is 0 Å². The van der Waals surface area contributed by atoms with Gasteiger partial charge in [0.1, 0.15) is 24.4 Å². The smallest absolute Gasteiger partial charge is 0.870 e. The molecule has 0 aliphatic carbocycles. The maximum absolute atomic E-state index is 11.3. The van der Waals surface area contributed by atoms with Gasteiger partial charge in [-0.3, -0.25) is 0 Å². The molecule has 276 valence electrons. The van der Waals surface area contributed by atoms with Crippen LogP contribution in [-0.2, 0) is 45.8 Å². The molecule has 24 nitrogen and oxygen atoms in total. The van der Waals surface area contributed by atoms with Crippen molar-refractivity contribution in [1.82, 2.24) is 0 Å². The largest absolute Gasteiger partial charge is 2.00 e. The Morgan fingerprint density at radius 3 is 1.00 bits per heavy atom. The minimum Gasteiger partial charge on any atom is -0.870 e. The second-order valence-electron chi connectivity index (χ2n) is 9.39. The number of aliphatic hydroxyl groups is 12. The third-order valence-corrected chi connectivity index (χ3v) is 7.11. The number of hydrogen-bond donors (Lipinski definition) is 12. The monoisotopic (exact) mass is 804 g/mol. The van der Waals surface area contributed by atoms with Crippen LogP contribution in [0.25, 0.3) is 0 Å². The van der Waals surface area contributed by atoms with Gasteiger partial charge in [0, 0.05) is 0 Å². The topological polar surface area (TPSA) is 413 Å². The van der Waals surface area contributed by atoms with E-state index in [9.17, 15) is 49.8 Å². The summed E-state index contributed by atoms with van der Waals surface area (Å²) in [6.07, 6.45) is -12.0. The Kier molecular flexibility index (Phi) is 17.3. The molecular formula is C24H28MgO24Se. The van der Waals surface area contributed by atoms with E-state index >= 15 is 0 Å². The van der Waals surface area contributed by atoms with Gasteiger partial charge in [-0.05, 0) is 11.5 Å². The standard InChI is InChI=1S/C12H14O12Se.2C6H8O6.Mg/c13-1-3(15)7-9(5(17)11(19)21-7)23-25-24-10-6(18)12(20)22-8(10)4(16)2-14;2*7-1-2(8)5-3(9)4(10)6(11)12-5;/h3-4,7-8,13-18H,1-2H2;2*2,5,7-10H,1H2;/q;;;+2/p-2/t3-,4-,7+,8+;2*2-,5+;/m000./s1. The van der Waals surface area contributed by atoms with Gasteiger partial charge >= 0.3 is 181 Å². The van der Waals surface area contributed by atoms with Crippen LogP contribution in [0.1, 0.15) is 0 Å². The van der Waals surface area contributed by atoms with Crippen molar-refractivity contribution >= 4 is 62.5 Å². The Labute approximate surface area is 300 Å². The van der Waals surface area contributed by atoms with Crippen LogP contribution < -0.4 is 10.2 Å². The second kappa shape index (κ2) is 19.6. The quantitative estimate of drug-likeness (QED) is 0.0495. The van der Waals surface area contributed by atoms with Gasteiger partial charge in [0.15, 0.2) is 11.5 Å². The molecule has 0 bridgehead atoms. The molecule has 12 N–H and O–H groups in total. The Morgan fingerprint density at radius 1 is 0.520 bits per heavy atom. The molecule has 0 fully saturated rings. The zero-order chi connectivity index (χ0) is 37.3. The number of hydrogen-bond acceptors (Lipinski definition) is 24. The molecule has 0 amide bonds. The van der Waals surface area contributed by atoms with Crippen molar-refractivity contribution in [1.29, 1.82) is 0 Å². The van der Waals surface area contributed by atoms with Gasteiger partial charge in [-0.2, -0.15) is 0 Å². The number of aliphatic hydroxyl groups excluding tert-OH is 12. The summed E-state index contributed by atoms with van der Waals surface area (Å²) in [6.45, 7) is -3.00. The second-order valence-corrected chi connectivity index (χ2v) is 10.4. The minimum atomic E-state index is -1.56. The molecule has 0 unspecified atom stereocenters. The maximum atomic E-state index is 11.3. The zero-order valence-electron chi connectivity index (χ0n) is 24.8. The molecule has 26 heteroatoms. The van der Waals surface area contributed by atoms with E-state index in [1.54, 1.807) is 0 Å². The van der Waals surface area contributed by atoms with Crippen molar-refractivity contribution < 1.29 is 117 Å². The molecule has 4 heterocycles. The first-order chi connectivity index (χ1) is 23.0. The molecular weight excluding hydrogens is 776 g/mol. The molecule has 0 spiro atoms. The zero-order valence-corrected chi connectivity index (χ0v) is 28.0. The van der Waals surface area contributed by atoms with Crippen molar-refractivity contribution in [2.45, 2.75) is 48.8 Å². The molecule has 50 heavy (non-hydrogen) atoms. The SMILES string of the molecule is O=C1O[C@H]([C@@H](O)CO)C(O[Se]OC2=C(O)C(=O)O[C@@H]2[C@@H](O)CO)=C1O.O=C1O[C@H]([C@@H](O)CO)C([O-])=C1O.O=C1O[C@H]([C@@H](O)CO)C([O-])=C1O.[Mg+2]. The summed E-state index contributed by atoms with van der Waals surface area (Å²) in [5.74, 6) is -11.7. The van der Waals surface area contributed by atoms with Crippen molar-refractivity contribution in [2.24, 2.45) is 0 Å². The number of rotatable bonds is 12. The van der Waals surface area contributed by atoms with Crippen LogP contribution in [0, 0.1) is 0 Å². The van der Waals surface area contributed by atoms with E-state index in [1.165, 1.54) is 0 Å². The van der Waals surface area contributed by atoms with Gasteiger partial charge < -0.3 is 50.3 Å². The summed E-state index contributed by atoms with van der Waals surface area (Å²) in [6, 6.07) is 0. The summed E-state index contributed by atoms with van der Waals surface area (Å²) in [5, 5.41) is 130. The van der Waals surface area contributed by atoms with Crippen LogP contribution in [0.3, 0.4) is 0 Å². The van der Waals surface area contributed by atoms with Gasteiger partial charge in [-0.25, -0.2) is 9.59 Å². The first-order valence-electron chi connectivity index (χ1n) is 13.0. The summed E-state index contributed by atoms with van der Waals surface area (Å²) < 4.78 is 27.8. The fourth-order valence-corrected chi connectivity index (χ4v) is 4.61. The van der Waals surface area contributed by atoms with Crippen LogP contribution in [0.15, 0.2) is 46.1 Å². The Hall–Kier alpha value is -3.79. The Morgan fingerprint density at radius 2 is 0.760 bits per heavy atom. The minimum absolute atomic E-state index is 0. The van der Waals surface area contributed by atoms with Gasteiger partial charge in [0.05, 0.1) is 13.2 Å². The summed E-state index contributed by atoms with van der Waals surface area (Å²) in [7, 11) is 0. The summed E-state index contributed by atoms with van der Waals surface area (Å²) in [5.41, 5.74) is 0. The first kappa shape index (κ1) is 44.2. The number of ether oxygens (including phenoxy) is 4. The Bertz CT molecular complexity index is 1290. The summed E-state index contributed by atoms with van der Waals surface area (Å²) in [4.78, 5) is 43.6. The molecule has 4 aliphatic heterocycles. The number of carbonyl (C=O) groups is 4. The van der Waals surface area contributed by atoms with Gasteiger partial charge in [0.2, 0.25) is 0 Å². The van der Waals surface area contributed by atoms with E-state index < -0.39 is 161 Å². The van der Waals surface area contributed by atoms with E-state index in [4.69, 9.17) is 48.5 Å². The van der Waals surface area contributed by atoms with Crippen molar-refractivity contribution in [2.75, 3.05) is 26.4 Å². The van der Waals surface area contributed by atoms with E-state index in [0.29, 0.717) is 0 Å².